The van der Waals surface area contributed by atoms with Gasteiger partial charge in [0.05, 0.1) is 25.7 Å². The number of methoxy groups -OCH3 is 1. The first-order valence-corrected chi connectivity index (χ1v) is 9.55. The van der Waals surface area contributed by atoms with Gasteiger partial charge in [0.15, 0.2) is 12.1 Å². The highest BCUT2D eigenvalue weighted by molar-refractivity contribution is 5.75. The maximum atomic E-state index is 11.9. The predicted molar refractivity (Wildman–Crippen MR) is 112 cm³/mol. The summed E-state index contributed by atoms with van der Waals surface area (Å²) in [7, 11) is 1.60. The normalized spacial score (nSPS) is 18.5. The highest BCUT2D eigenvalue weighted by Crippen LogP contribution is 2.30. The number of carboxylic acids is 1. The second-order valence-corrected chi connectivity index (χ2v) is 7.20. The van der Waals surface area contributed by atoms with Gasteiger partial charge in [-0.3, -0.25) is 4.79 Å². The molecule has 3 aromatic rings. The Kier molecular flexibility index (Phi) is 5.54. The Morgan fingerprint density at radius 2 is 2.10 bits per heavy atom. The topological polar surface area (TPSA) is 137 Å². The van der Waals surface area contributed by atoms with Crippen molar-refractivity contribution in [2.24, 2.45) is 4.99 Å². The second-order valence-electron chi connectivity index (χ2n) is 7.20. The van der Waals surface area contributed by atoms with E-state index in [9.17, 15) is 9.90 Å². The average Bonchev–Trinajstić information content (AvgIpc) is 3.44. The number of nitrogen functional groups attached to an aromatic ring is 1. The molecule has 0 aliphatic carbocycles. The molecule has 1 aliphatic rings. The number of anilines is 1. The molecule has 31 heavy (non-hydrogen) atoms. The minimum atomic E-state index is -0.965. The van der Waals surface area contributed by atoms with E-state index in [1.165, 1.54) is 6.40 Å². The summed E-state index contributed by atoms with van der Waals surface area (Å²) in [5.74, 6) is -0.670. The summed E-state index contributed by atoms with van der Waals surface area (Å²) in [6, 6.07) is 10.9. The standard InChI is InChI=1S/C21H22N6O4/c1-30-16-5-3-15(4-6-16)21(25-13-31-26-21)11-27-10-18(24-12-27)17(20(28)29)8-14-2-7-19(22)23-9-14/h2-7,9-10,12-13,17,26H,8,11H2,1H3,(H2,22,23)(H,28,29). The fourth-order valence-corrected chi connectivity index (χ4v) is 3.45. The molecule has 2 aromatic heterocycles. The van der Waals surface area contributed by atoms with Crippen molar-refractivity contribution in [2.75, 3.05) is 12.8 Å². The molecule has 0 saturated heterocycles. The van der Waals surface area contributed by atoms with Crippen molar-refractivity contribution in [3.8, 4) is 5.75 Å². The molecular formula is C21H22N6O4. The minimum Gasteiger partial charge on any atom is -0.497 e. The van der Waals surface area contributed by atoms with Gasteiger partial charge < -0.3 is 25.0 Å². The Labute approximate surface area is 178 Å². The van der Waals surface area contributed by atoms with Gasteiger partial charge in [0.25, 0.3) is 0 Å². The number of carbonyl (C=O) groups is 1. The molecule has 1 aliphatic heterocycles. The molecule has 0 radical (unpaired) electrons. The van der Waals surface area contributed by atoms with Crippen LogP contribution in [0.5, 0.6) is 5.75 Å². The number of aliphatic carboxylic acids is 1. The number of hydroxylamine groups is 1. The lowest BCUT2D eigenvalue weighted by Crippen LogP contribution is -2.40. The minimum absolute atomic E-state index is 0.253. The van der Waals surface area contributed by atoms with E-state index < -0.39 is 17.6 Å². The number of nitrogens with zero attached hydrogens (tertiary/aromatic N) is 4. The number of aromatic nitrogens is 3. The van der Waals surface area contributed by atoms with Gasteiger partial charge in [-0.2, -0.15) is 0 Å². The van der Waals surface area contributed by atoms with E-state index in [2.05, 4.69) is 20.4 Å². The number of nitrogens with two attached hydrogens (primary N) is 1. The van der Waals surface area contributed by atoms with Gasteiger partial charge in [-0.25, -0.2) is 15.0 Å². The van der Waals surface area contributed by atoms with Crippen LogP contribution < -0.4 is 16.0 Å². The van der Waals surface area contributed by atoms with Crippen LogP contribution in [0.3, 0.4) is 0 Å². The first kappa shape index (κ1) is 20.4. The number of ether oxygens (including phenoxy) is 1. The Hall–Kier alpha value is -3.92. The van der Waals surface area contributed by atoms with Crippen LogP contribution in [-0.4, -0.2) is 39.1 Å². The lowest BCUT2D eigenvalue weighted by molar-refractivity contribution is -0.138. The van der Waals surface area contributed by atoms with Gasteiger partial charge in [0, 0.05) is 12.4 Å². The molecule has 0 spiro atoms. The number of aliphatic imine (C=N–C) groups is 1. The molecule has 4 N–H and O–H groups in total. The highest BCUT2D eigenvalue weighted by Gasteiger charge is 2.36. The van der Waals surface area contributed by atoms with E-state index in [0.717, 1.165) is 16.9 Å². The van der Waals surface area contributed by atoms with Gasteiger partial charge in [-0.15, -0.1) is 5.48 Å². The van der Waals surface area contributed by atoms with Crippen LogP contribution in [0, 0.1) is 0 Å². The number of imidazole rings is 1. The van der Waals surface area contributed by atoms with Crippen LogP contribution in [0.2, 0.25) is 0 Å². The van der Waals surface area contributed by atoms with Crippen LogP contribution >= 0.6 is 0 Å². The number of carboxylic acid groups (broad SMARTS) is 1. The molecule has 160 valence electrons. The highest BCUT2D eigenvalue weighted by atomic mass is 16.7. The third kappa shape index (κ3) is 4.33. The molecular weight excluding hydrogens is 400 g/mol. The fraction of sp³-hybridized carbons (Fsp3) is 0.238. The van der Waals surface area contributed by atoms with Crippen molar-refractivity contribution < 1.29 is 19.5 Å². The molecule has 0 saturated carbocycles. The summed E-state index contributed by atoms with van der Waals surface area (Å²) in [4.78, 5) is 30.0. The molecule has 10 nitrogen and oxygen atoms in total. The van der Waals surface area contributed by atoms with Crippen LogP contribution in [0.4, 0.5) is 5.82 Å². The summed E-state index contributed by atoms with van der Waals surface area (Å²) in [5.41, 5.74) is 9.74. The van der Waals surface area contributed by atoms with Gasteiger partial charge >= 0.3 is 5.97 Å². The molecule has 1 aromatic carbocycles. The zero-order chi connectivity index (χ0) is 21.8. The zero-order valence-electron chi connectivity index (χ0n) is 16.8. The Morgan fingerprint density at radius 1 is 1.29 bits per heavy atom. The molecule has 0 fully saturated rings. The van der Waals surface area contributed by atoms with Crippen molar-refractivity contribution in [3.05, 3.63) is 71.9 Å². The first-order valence-electron chi connectivity index (χ1n) is 9.55. The van der Waals surface area contributed by atoms with Gasteiger partial charge in [-0.05, 0) is 35.7 Å². The number of hydrogen-bond donors (Lipinski definition) is 3. The SMILES string of the molecule is COc1ccc(C2(Cn3cnc(C(Cc4ccc(N)nc4)C(=O)O)c3)N=CON2)cc1. The quantitative estimate of drug-likeness (QED) is 0.499. The fourth-order valence-electron chi connectivity index (χ4n) is 3.45. The zero-order valence-corrected chi connectivity index (χ0v) is 16.8. The maximum absolute atomic E-state index is 11.9. The van der Waals surface area contributed by atoms with Gasteiger partial charge in [-0.1, -0.05) is 18.2 Å². The van der Waals surface area contributed by atoms with E-state index >= 15 is 0 Å². The van der Waals surface area contributed by atoms with Crippen LogP contribution in [-0.2, 0) is 28.3 Å². The van der Waals surface area contributed by atoms with E-state index in [1.807, 2.05) is 24.3 Å². The van der Waals surface area contributed by atoms with Crippen LogP contribution in [0.1, 0.15) is 22.7 Å². The third-order valence-corrected chi connectivity index (χ3v) is 5.13. The molecule has 2 atom stereocenters. The molecule has 2 unspecified atom stereocenters. The van der Waals surface area contributed by atoms with Crippen LogP contribution in [0.15, 0.2) is 60.1 Å². The Morgan fingerprint density at radius 3 is 2.71 bits per heavy atom. The molecule has 10 heteroatoms. The lowest BCUT2D eigenvalue weighted by atomic mass is 9.97. The van der Waals surface area contributed by atoms with E-state index in [4.69, 9.17) is 15.3 Å². The van der Waals surface area contributed by atoms with Gasteiger partial charge in [0.1, 0.15) is 17.5 Å². The molecule has 3 heterocycles. The van der Waals surface area contributed by atoms with Crippen molar-refractivity contribution in [2.45, 2.75) is 24.5 Å². The second kappa shape index (κ2) is 8.44. The molecule has 4 rings (SSSR count). The summed E-state index contributed by atoms with van der Waals surface area (Å²) in [5, 5.41) is 9.75. The summed E-state index contributed by atoms with van der Waals surface area (Å²) in [6.07, 6.45) is 6.48. The van der Waals surface area contributed by atoms with Crippen molar-refractivity contribution >= 4 is 18.2 Å². The van der Waals surface area contributed by atoms with E-state index in [1.54, 1.807) is 42.5 Å². The summed E-state index contributed by atoms with van der Waals surface area (Å²) in [6.45, 7) is 0.346. The van der Waals surface area contributed by atoms with Crippen LogP contribution in [0.25, 0.3) is 0 Å². The van der Waals surface area contributed by atoms with Crippen molar-refractivity contribution in [3.63, 3.8) is 0 Å². The van der Waals surface area contributed by atoms with E-state index in [0.29, 0.717) is 18.1 Å². The largest absolute Gasteiger partial charge is 0.497 e. The molecule has 0 amide bonds. The van der Waals surface area contributed by atoms with Crippen molar-refractivity contribution in [1.82, 2.24) is 20.0 Å². The summed E-state index contributed by atoms with van der Waals surface area (Å²) < 4.78 is 7.01. The predicted octanol–water partition coefficient (Wildman–Crippen LogP) is 1.70. The Bertz CT molecular complexity index is 1080. The average molecular weight is 422 g/mol. The number of rotatable bonds is 8. The van der Waals surface area contributed by atoms with Gasteiger partial charge in [0.2, 0.25) is 0 Å². The number of hydrogen-bond acceptors (Lipinski definition) is 8. The van der Waals surface area contributed by atoms with Crippen molar-refractivity contribution in [1.29, 1.82) is 0 Å². The lowest BCUT2D eigenvalue weighted by Gasteiger charge is -2.25. The third-order valence-electron chi connectivity index (χ3n) is 5.13. The number of nitrogens with one attached hydrogen (secondary N) is 1. The maximum Gasteiger partial charge on any atom is 0.312 e. The number of pyridine rings is 1. The smallest absolute Gasteiger partial charge is 0.312 e. The number of benzene rings is 1. The Balaban J connectivity index is 1.56. The molecule has 0 bridgehead atoms. The summed E-state index contributed by atoms with van der Waals surface area (Å²) >= 11 is 0. The monoisotopic (exact) mass is 422 g/mol. The van der Waals surface area contributed by atoms with E-state index in [-0.39, 0.29) is 6.42 Å². The first-order chi connectivity index (χ1) is 15.0.